The molecule has 0 aliphatic rings. The summed E-state index contributed by atoms with van der Waals surface area (Å²) in [6.45, 7) is 4.57. The number of urea groups is 1. The van der Waals surface area contributed by atoms with Crippen molar-refractivity contribution in [2.75, 3.05) is 5.32 Å². The van der Waals surface area contributed by atoms with Crippen LogP contribution in [-0.2, 0) is 13.0 Å². The molecule has 25 heavy (non-hydrogen) atoms. The van der Waals surface area contributed by atoms with Crippen LogP contribution in [0.2, 0.25) is 0 Å². The third-order valence-electron chi connectivity index (χ3n) is 4.20. The summed E-state index contributed by atoms with van der Waals surface area (Å²) in [6, 6.07) is 15.6. The molecule has 1 N–H and O–H groups in total. The van der Waals surface area contributed by atoms with Crippen molar-refractivity contribution in [1.29, 1.82) is 0 Å². The van der Waals surface area contributed by atoms with Crippen LogP contribution in [0.25, 0.3) is 0 Å². The maximum atomic E-state index is 12.9. The molecule has 3 rings (SSSR count). The smallest absolute Gasteiger partial charge is 0.322 e. The number of hydrogen-bond acceptors (Lipinski definition) is 3. The number of rotatable bonds is 6. The Bertz CT molecular complexity index is 780. The third kappa shape index (κ3) is 4.31. The Morgan fingerprint density at radius 2 is 2.00 bits per heavy atom. The predicted octanol–water partition coefficient (Wildman–Crippen LogP) is 5.70. The lowest BCUT2D eigenvalue weighted by Crippen LogP contribution is -2.36. The van der Waals surface area contributed by atoms with Gasteiger partial charge in [-0.25, -0.2) is 4.79 Å². The molecule has 1 atom stereocenters. The average molecular weight is 354 g/mol. The number of benzene rings is 1. The Labute approximate surface area is 152 Å². The van der Waals surface area contributed by atoms with Crippen LogP contribution in [-0.4, -0.2) is 10.9 Å². The van der Waals surface area contributed by atoms with E-state index in [4.69, 9.17) is 4.42 Å². The van der Waals surface area contributed by atoms with E-state index in [1.807, 2.05) is 60.8 Å². The second-order valence-corrected chi connectivity index (χ2v) is 6.86. The molecule has 0 spiro atoms. The molecule has 4 nitrogen and oxygen atoms in total. The van der Waals surface area contributed by atoms with Gasteiger partial charge < -0.3 is 14.6 Å². The summed E-state index contributed by atoms with van der Waals surface area (Å²) in [6.07, 6.45) is 2.61. The van der Waals surface area contributed by atoms with Crippen LogP contribution in [0.3, 0.4) is 0 Å². The van der Waals surface area contributed by atoms with E-state index in [2.05, 4.69) is 12.2 Å². The monoisotopic (exact) mass is 354 g/mol. The lowest BCUT2D eigenvalue weighted by Gasteiger charge is -2.28. The van der Waals surface area contributed by atoms with Gasteiger partial charge in [-0.3, -0.25) is 0 Å². The summed E-state index contributed by atoms with van der Waals surface area (Å²) in [5, 5.41) is 5.02. The molecular formula is C20H22N2O2S. The average Bonchev–Trinajstić information content (AvgIpc) is 3.33. The van der Waals surface area contributed by atoms with Gasteiger partial charge in [0, 0.05) is 10.6 Å². The molecule has 0 fully saturated rings. The highest BCUT2D eigenvalue weighted by molar-refractivity contribution is 7.10. The first-order valence-electron chi connectivity index (χ1n) is 8.39. The van der Waals surface area contributed by atoms with Gasteiger partial charge in [-0.2, -0.15) is 0 Å². The van der Waals surface area contributed by atoms with Crippen molar-refractivity contribution in [2.24, 2.45) is 0 Å². The minimum Gasteiger partial charge on any atom is -0.467 e. The summed E-state index contributed by atoms with van der Waals surface area (Å²) in [5.41, 5.74) is 2.04. The van der Waals surface area contributed by atoms with Crippen molar-refractivity contribution < 1.29 is 9.21 Å². The number of nitrogens with zero attached hydrogens (tertiary/aromatic N) is 1. The van der Waals surface area contributed by atoms with Crippen molar-refractivity contribution in [3.8, 4) is 0 Å². The van der Waals surface area contributed by atoms with E-state index in [9.17, 15) is 4.79 Å². The molecule has 130 valence electrons. The first-order chi connectivity index (χ1) is 12.2. The summed E-state index contributed by atoms with van der Waals surface area (Å²) >= 11 is 1.65. The van der Waals surface area contributed by atoms with Crippen molar-refractivity contribution in [3.63, 3.8) is 0 Å². The zero-order valence-corrected chi connectivity index (χ0v) is 15.3. The lowest BCUT2D eigenvalue weighted by molar-refractivity contribution is 0.184. The first kappa shape index (κ1) is 17.3. The maximum Gasteiger partial charge on any atom is 0.322 e. The van der Waals surface area contributed by atoms with Crippen LogP contribution in [0.4, 0.5) is 10.5 Å². The highest BCUT2D eigenvalue weighted by Crippen LogP contribution is 2.27. The van der Waals surface area contributed by atoms with Crippen molar-refractivity contribution in [1.82, 2.24) is 4.90 Å². The number of nitrogens with one attached hydrogen (secondary N) is 1. The van der Waals surface area contributed by atoms with E-state index in [1.165, 1.54) is 5.56 Å². The molecule has 2 heterocycles. The minimum absolute atomic E-state index is 0.0417. The van der Waals surface area contributed by atoms with Gasteiger partial charge in [0.05, 0.1) is 18.8 Å². The number of furan rings is 1. The van der Waals surface area contributed by atoms with Gasteiger partial charge in [0.2, 0.25) is 0 Å². The number of aryl methyl sites for hydroxylation is 1. The minimum atomic E-state index is -0.137. The Balaban J connectivity index is 1.78. The van der Waals surface area contributed by atoms with E-state index in [0.717, 1.165) is 22.7 Å². The number of carbonyl (C=O) groups is 1. The molecule has 2 amide bonds. The molecule has 3 aromatic rings. The maximum absolute atomic E-state index is 12.9. The molecule has 0 aliphatic heterocycles. The number of hydrogen-bond donors (Lipinski definition) is 1. The quantitative estimate of drug-likeness (QED) is 0.617. The van der Waals surface area contributed by atoms with Crippen LogP contribution in [0, 0.1) is 0 Å². The van der Waals surface area contributed by atoms with Gasteiger partial charge in [0.25, 0.3) is 0 Å². The fraction of sp³-hybridized carbons (Fsp3) is 0.250. The number of carbonyl (C=O) groups excluding carboxylic acids is 1. The molecule has 0 radical (unpaired) electrons. The molecule has 1 aromatic carbocycles. The van der Waals surface area contributed by atoms with Gasteiger partial charge in [-0.05, 0) is 54.6 Å². The summed E-state index contributed by atoms with van der Waals surface area (Å²) in [7, 11) is 0. The molecule has 5 heteroatoms. The molecule has 0 unspecified atom stereocenters. The van der Waals surface area contributed by atoms with E-state index in [0.29, 0.717) is 6.54 Å². The van der Waals surface area contributed by atoms with Gasteiger partial charge in [-0.1, -0.05) is 25.1 Å². The van der Waals surface area contributed by atoms with E-state index in [1.54, 1.807) is 22.5 Å². The van der Waals surface area contributed by atoms with Crippen LogP contribution < -0.4 is 5.32 Å². The third-order valence-corrected chi connectivity index (χ3v) is 5.25. The second-order valence-electron chi connectivity index (χ2n) is 5.88. The zero-order chi connectivity index (χ0) is 17.6. The lowest BCUT2D eigenvalue weighted by atomic mass is 10.1. The van der Waals surface area contributed by atoms with E-state index >= 15 is 0 Å². The summed E-state index contributed by atoms with van der Waals surface area (Å²) in [4.78, 5) is 15.8. The Kier molecular flexibility index (Phi) is 5.56. The summed E-state index contributed by atoms with van der Waals surface area (Å²) in [5.74, 6) is 0.764. The fourth-order valence-corrected chi connectivity index (χ4v) is 3.45. The second kappa shape index (κ2) is 8.03. The summed E-state index contributed by atoms with van der Waals surface area (Å²) < 4.78 is 5.44. The topological polar surface area (TPSA) is 45.5 Å². The predicted molar refractivity (Wildman–Crippen MR) is 102 cm³/mol. The van der Waals surface area contributed by atoms with Gasteiger partial charge in [0.1, 0.15) is 5.76 Å². The van der Waals surface area contributed by atoms with Crippen LogP contribution in [0.5, 0.6) is 0 Å². The highest BCUT2D eigenvalue weighted by Gasteiger charge is 2.23. The SMILES string of the molecule is CCc1ccc(NC(=O)N(Cc2ccco2)[C@H](C)c2cccs2)cc1. The first-order valence-corrected chi connectivity index (χ1v) is 9.27. The van der Waals surface area contributed by atoms with Crippen molar-refractivity contribution in [3.05, 3.63) is 76.4 Å². The Morgan fingerprint density at radius 3 is 2.60 bits per heavy atom. The molecule has 0 saturated heterocycles. The van der Waals surface area contributed by atoms with Crippen LogP contribution in [0.1, 0.15) is 36.1 Å². The number of anilines is 1. The molecule has 0 bridgehead atoms. The van der Waals surface area contributed by atoms with Gasteiger partial charge in [-0.15, -0.1) is 11.3 Å². The fourth-order valence-electron chi connectivity index (χ4n) is 2.66. The van der Waals surface area contributed by atoms with Crippen molar-refractivity contribution in [2.45, 2.75) is 32.9 Å². The van der Waals surface area contributed by atoms with Crippen molar-refractivity contribution >= 4 is 23.1 Å². The molecule has 2 aromatic heterocycles. The molecule has 0 saturated carbocycles. The van der Waals surface area contributed by atoms with Crippen LogP contribution >= 0.6 is 11.3 Å². The van der Waals surface area contributed by atoms with Gasteiger partial charge in [0.15, 0.2) is 0 Å². The largest absolute Gasteiger partial charge is 0.467 e. The number of thiophene rings is 1. The molecular weight excluding hydrogens is 332 g/mol. The standard InChI is InChI=1S/C20H22N2O2S/c1-3-16-8-10-17(11-9-16)21-20(23)22(14-18-6-4-12-24-18)15(2)19-7-5-13-25-19/h4-13,15H,3,14H2,1-2H3,(H,21,23)/t15-/m1/s1. The van der Waals surface area contributed by atoms with E-state index in [-0.39, 0.29) is 12.1 Å². The molecule has 0 aliphatic carbocycles. The highest BCUT2D eigenvalue weighted by atomic mass is 32.1. The zero-order valence-electron chi connectivity index (χ0n) is 14.4. The Morgan fingerprint density at radius 1 is 1.20 bits per heavy atom. The van der Waals surface area contributed by atoms with Crippen LogP contribution in [0.15, 0.2) is 64.6 Å². The van der Waals surface area contributed by atoms with E-state index < -0.39 is 0 Å². The van der Waals surface area contributed by atoms with Gasteiger partial charge >= 0.3 is 6.03 Å². The number of amides is 2. The normalized spacial score (nSPS) is 11.9. The Hall–Kier alpha value is -2.53.